The van der Waals surface area contributed by atoms with E-state index >= 15 is 0 Å². The van der Waals surface area contributed by atoms with Crippen molar-refractivity contribution in [3.8, 4) is 0 Å². The van der Waals surface area contributed by atoms with Crippen LogP contribution in [0.5, 0.6) is 0 Å². The molecule has 3 heterocycles. The van der Waals surface area contributed by atoms with Crippen LogP contribution in [0.1, 0.15) is 32.1 Å². The highest BCUT2D eigenvalue weighted by Gasteiger charge is 2.48. The molecule has 1 spiro atoms. The predicted octanol–water partition coefficient (Wildman–Crippen LogP) is 0.435. The highest BCUT2D eigenvalue weighted by Crippen LogP contribution is 2.36. The fourth-order valence-corrected chi connectivity index (χ4v) is 3.74. The van der Waals surface area contributed by atoms with Crippen LogP contribution in [-0.2, 0) is 4.79 Å². The molecule has 1 unspecified atom stereocenters. The van der Waals surface area contributed by atoms with Gasteiger partial charge >= 0.3 is 0 Å². The second kappa shape index (κ2) is 4.25. The molecule has 0 radical (unpaired) electrons. The lowest BCUT2D eigenvalue weighted by Crippen LogP contribution is -2.71. The Bertz CT molecular complexity index is 310. The Morgan fingerprint density at radius 2 is 2.00 bits per heavy atom. The minimum absolute atomic E-state index is 0.168. The summed E-state index contributed by atoms with van der Waals surface area (Å²) in [5.74, 6) is 0.272. The van der Waals surface area contributed by atoms with Crippen LogP contribution >= 0.6 is 0 Å². The van der Waals surface area contributed by atoms with Crippen molar-refractivity contribution in [2.45, 2.75) is 43.7 Å². The van der Waals surface area contributed by atoms with Crippen molar-refractivity contribution in [2.24, 2.45) is 0 Å². The van der Waals surface area contributed by atoms with Gasteiger partial charge in [-0.2, -0.15) is 0 Å². The van der Waals surface area contributed by atoms with Crippen LogP contribution < -0.4 is 5.32 Å². The van der Waals surface area contributed by atoms with Crippen LogP contribution in [0.3, 0.4) is 0 Å². The Labute approximate surface area is 103 Å². The third kappa shape index (κ3) is 1.87. The van der Waals surface area contributed by atoms with Gasteiger partial charge in [-0.3, -0.25) is 9.69 Å². The largest absolute Gasteiger partial charge is 0.353 e. The molecule has 1 N–H and O–H groups in total. The van der Waals surface area contributed by atoms with Crippen molar-refractivity contribution in [3.05, 3.63) is 0 Å². The molecule has 3 rings (SSSR count). The summed E-state index contributed by atoms with van der Waals surface area (Å²) in [5, 5.41) is 3.16. The monoisotopic (exact) mass is 237 g/mol. The Kier molecular flexibility index (Phi) is 2.87. The van der Waals surface area contributed by atoms with Crippen LogP contribution in [0.25, 0.3) is 0 Å². The van der Waals surface area contributed by atoms with Crippen LogP contribution in [0.2, 0.25) is 0 Å². The van der Waals surface area contributed by atoms with Gasteiger partial charge in [-0.25, -0.2) is 0 Å². The summed E-state index contributed by atoms with van der Waals surface area (Å²) >= 11 is 0. The molecular formula is C13H23N3O. The van der Waals surface area contributed by atoms with Gasteiger partial charge in [0.25, 0.3) is 0 Å². The Morgan fingerprint density at radius 1 is 1.24 bits per heavy atom. The summed E-state index contributed by atoms with van der Waals surface area (Å²) in [6, 6.07) is 0.168. The highest BCUT2D eigenvalue weighted by atomic mass is 16.2. The lowest BCUT2D eigenvalue weighted by Gasteiger charge is -2.55. The first-order valence-electron chi connectivity index (χ1n) is 6.94. The summed E-state index contributed by atoms with van der Waals surface area (Å²) in [5.41, 5.74) is 0.269. The highest BCUT2D eigenvalue weighted by molar-refractivity contribution is 5.83. The summed E-state index contributed by atoms with van der Waals surface area (Å²) < 4.78 is 0. The number of nitrogens with one attached hydrogen (secondary N) is 1. The van der Waals surface area contributed by atoms with E-state index in [1.807, 2.05) is 0 Å². The number of amides is 1. The zero-order valence-electron chi connectivity index (χ0n) is 10.7. The molecule has 3 saturated heterocycles. The average Bonchev–Trinajstić information content (AvgIpc) is 2.38. The van der Waals surface area contributed by atoms with E-state index in [9.17, 15) is 4.79 Å². The molecule has 3 aliphatic rings. The molecule has 96 valence electrons. The van der Waals surface area contributed by atoms with Crippen molar-refractivity contribution < 1.29 is 4.79 Å². The van der Waals surface area contributed by atoms with Crippen molar-refractivity contribution in [3.63, 3.8) is 0 Å². The van der Waals surface area contributed by atoms with Gasteiger partial charge in [0.05, 0.1) is 6.04 Å². The van der Waals surface area contributed by atoms with Gasteiger partial charge in [-0.05, 0) is 52.4 Å². The zero-order valence-corrected chi connectivity index (χ0v) is 10.7. The van der Waals surface area contributed by atoms with Gasteiger partial charge < -0.3 is 10.2 Å². The third-order valence-corrected chi connectivity index (χ3v) is 4.92. The minimum Gasteiger partial charge on any atom is -0.353 e. The van der Waals surface area contributed by atoms with Crippen LogP contribution in [0, 0.1) is 0 Å². The third-order valence-electron chi connectivity index (χ3n) is 4.92. The lowest BCUT2D eigenvalue weighted by atomic mass is 9.80. The van der Waals surface area contributed by atoms with Crippen molar-refractivity contribution >= 4 is 5.91 Å². The molecule has 3 aliphatic heterocycles. The molecule has 17 heavy (non-hydrogen) atoms. The molecule has 4 heteroatoms. The number of nitrogens with zero attached hydrogens (tertiary/aromatic N) is 2. The van der Waals surface area contributed by atoms with Gasteiger partial charge in [0, 0.05) is 12.1 Å². The Morgan fingerprint density at radius 3 is 2.76 bits per heavy atom. The van der Waals surface area contributed by atoms with E-state index in [0.29, 0.717) is 0 Å². The number of hydrogen-bond acceptors (Lipinski definition) is 3. The average molecular weight is 237 g/mol. The Hall–Kier alpha value is -0.610. The van der Waals surface area contributed by atoms with Gasteiger partial charge in [0.2, 0.25) is 5.91 Å². The summed E-state index contributed by atoms with van der Waals surface area (Å²) in [6.07, 6.45) is 5.95. The molecule has 1 atom stereocenters. The summed E-state index contributed by atoms with van der Waals surface area (Å²) in [4.78, 5) is 16.9. The molecule has 0 saturated carbocycles. The van der Waals surface area contributed by atoms with Crippen molar-refractivity contribution in [1.29, 1.82) is 0 Å². The van der Waals surface area contributed by atoms with Crippen LogP contribution in [-0.4, -0.2) is 60.5 Å². The van der Waals surface area contributed by atoms with E-state index in [4.69, 9.17) is 0 Å². The molecule has 3 fully saturated rings. The Balaban J connectivity index is 1.82. The van der Waals surface area contributed by atoms with Gasteiger partial charge in [-0.15, -0.1) is 0 Å². The fraction of sp³-hybridized carbons (Fsp3) is 0.923. The van der Waals surface area contributed by atoms with Gasteiger partial charge in [-0.1, -0.05) is 6.42 Å². The molecular weight excluding hydrogens is 214 g/mol. The maximum atomic E-state index is 12.0. The van der Waals surface area contributed by atoms with E-state index < -0.39 is 0 Å². The minimum atomic E-state index is 0.168. The van der Waals surface area contributed by atoms with Gasteiger partial charge in [0.1, 0.15) is 0 Å². The second-order valence-corrected chi connectivity index (χ2v) is 5.95. The molecule has 0 aromatic rings. The predicted molar refractivity (Wildman–Crippen MR) is 66.8 cm³/mol. The zero-order chi connectivity index (χ0) is 11.9. The molecule has 0 aromatic heterocycles. The first-order valence-corrected chi connectivity index (χ1v) is 6.94. The first-order chi connectivity index (χ1) is 8.21. The lowest BCUT2D eigenvalue weighted by molar-refractivity contribution is -0.140. The second-order valence-electron chi connectivity index (χ2n) is 5.95. The maximum Gasteiger partial charge on any atom is 0.237 e. The van der Waals surface area contributed by atoms with E-state index in [1.54, 1.807) is 0 Å². The number of hydrogen-bond donors (Lipinski definition) is 1. The van der Waals surface area contributed by atoms with E-state index in [0.717, 1.165) is 19.5 Å². The summed E-state index contributed by atoms with van der Waals surface area (Å²) in [7, 11) is 2.20. The molecule has 4 nitrogen and oxygen atoms in total. The maximum absolute atomic E-state index is 12.0. The van der Waals surface area contributed by atoms with Crippen LogP contribution in [0.4, 0.5) is 0 Å². The molecule has 0 aromatic carbocycles. The quantitative estimate of drug-likeness (QED) is 0.664. The number of piperazine rings is 1. The number of rotatable bonds is 0. The molecule has 0 bridgehead atoms. The topological polar surface area (TPSA) is 35.6 Å². The van der Waals surface area contributed by atoms with E-state index in [-0.39, 0.29) is 17.5 Å². The fourth-order valence-electron chi connectivity index (χ4n) is 3.74. The van der Waals surface area contributed by atoms with E-state index in [2.05, 4.69) is 22.2 Å². The van der Waals surface area contributed by atoms with Gasteiger partial charge in [0.15, 0.2) is 0 Å². The van der Waals surface area contributed by atoms with Crippen LogP contribution in [0.15, 0.2) is 0 Å². The number of carbonyl (C=O) groups excluding carboxylic acids is 1. The number of likely N-dealkylation sites (tertiary alicyclic amines) is 1. The number of fused-ring (bicyclic) bond motifs is 2. The van der Waals surface area contributed by atoms with E-state index in [1.165, 1.54) is 38.8 Å². The normalized spacial score (nSPS) is 34.4. The molecule has 1 amide bonds. The number of carbonyl (C=O) groups is 1. The summed E-state index contributed by atoms with van der Waals surface area (Å²) in [6.45, 7) is 4.33. The standard InChI is InChI=1S/C13H23N3O/c1-15-8-5-13(6-9-15)10-14-12(17)11-4-2-3-7-16(11)13/h11H,2-10H2,1H3,(H,14,17). The molecule has 0 aliphatic carbocycles. The van der Waals surface area contributed by atoms with Crippen molar-refractivity contribution in [2.75, 3.05) is 33.2 Å². The smallest absolute Gasteiger partial charge is 0.237 e. The van der Waals surface area contributed by atoms with Crippen molar-refractivity contribution in [1.82, 2.24) is 15.1 Å². The number of piperidine rings is 2. The SMILES string of the molecule is CN1CCC2(CC1)CNC(=O)C1CCCCN12. The first kappa shape index (κ1) is 11.5.